The summed E-state index contributed by atoms with van der Waals surface area (Å²) < 4.78 is 5.73. The van der Waals surface area contributed by atoms with Crippen molar-refractivity contribution in [1.82, 2.24) is 0 Å². The normalized spacial score (nSPS) is 39.6. The molecule has 0 radical (unpaired) electrons. The Labute approximate surface area is 110 Å². The standard InChI is InChI=1S/C15H27NO2/c1-10-7-11(9-15(2,3)8-10)18-14(17)12-5-4-6-13(12)16/h10-13H,4-9,16H2,1-3H3. The number of hydrogen-bond acceptors (Lipinski definition) is 3. The van der Waals surface area contributed by atoms with Crippen LogP contribution in [0, 0.1) is 17.3 Å². The maximum atomic E-state index is 12.1. The molecule has 2 aliphatic carbocycles. The van der Waals surface area contributed by atoms with Gasteiger partial charge in [0.1, 0.15) is 6.10 Å². The Morgan fingerprint density at radius 2 is 2.00 bits per heavy atom. The molecule has 0 aliphatic heterocycles. The Kier molecular flexibility index (Phi) is 4.00. The van der Waals surface area contributed by atoms with Crippen LogP contribution in [0.5, 0.6) is 0 Å². The highest BCUT2D eigenvalue weighted by atomic mass is 16.5. The molecule has 2 aliphatic rings. The average Bonchev–Trinajstić information content (AvgIpc) is 2.60. The molecular weight excluding hydrogens is 226 g/mol. The fraction of sp³-hybridized carbons (Fsp3) is 0.933. The lowest BCUT2D eigenvalue weighted by molar-refractivity contribution is -0.158. The highest BCUT2D eigenvalue weighted by Gasteiger charge is 2.37. The van der Waals surface area contributed by atoms with E-state index in [1.54, 1.807) is 0 Å². The van der Waals surface area contributed by atoms with E-state index in [2.05, 4.69) is 20.8 Å². The Bertz CT molecular complexity index is 314. The van der Waals surface area contributed by atoms with Gasteiger partial charge in [-0.15, -0.1) is 0 Å². The minimum absolute atomic E-state index is 0.0199. The molecule has 0 bridgehead atoms. The van der Waals surface area contributed by atoms with Gasteiger partial charge in [0.15, 0.2) is 0 Å². The van der Waals surface area contributed by atoms with Crippen molar-refractivity contribution in [1.29, 1.82) is 0 Å². The van der Waals surface area contributed by atoms with Crippen LogP contribution in [-0.2, 0) is 9.53 Å². The van der Waals surface area contributed by atoms with Crippen molar-refractivity contribution < 1.29 is 9.53 Å². The number of ether oxygens (including phenoxy) is 1. The topological polar surface area (TPSA) is 52.3 Å². The summed E-state index contributed by atoms with van der Waals surface area (Å²) in [5, 5.41) is 0. The third-order valence-electron chi connectivity index (χ3n) is 4.50. The highest BCUT2D eigenvalue weighted by Crippen LogP contribution is 2.40. The largest absolute Gasteiger partial charge is 0.462 e. The summed E-state index contributed by atoms with van der Waals surface area (Å²) in [6, 6.07) is 0.0199. The van der Waals surface area contributed by atoms with E-state index >= 15 is 0 Å². The first-order valence-corrected chi connectivity index (χ1v) is 7.33. The lowest BCUT2D eigenvalue weighted by Crippen LogP contribution is -2.38. The van der Waals surface area contributed by atoms with Gasteiger partial charge < -0.3 is 10.5 Å². The second kappa shape index (κ2) is 5.20. The van der Waals surface area contributed by atoms with Gasteiger partial charge in [-0.05, 0) is 43.4 Å². The Morgan fingerprint density at radius 1 is 1.28 bits per heavy atom. The molecular formula is C15H27NO2. The number of rotatable bonds is 2. The number of carbonyl (C=O) groups excluding carboxylic acids is 1. The van der Waals surface area contributed by atoms with Crippen molar-refractivity contribution in [3.05, 3.63) is 0 Å². The van der Waals surface area contributed by atoms with E-state index in [0.29, 0.717) is 11.3 Å². The Hall–Kier alpha value is -0.570. The van der Waals surface area contributed by atoms with E-state index in [1.807, 2.05) is 0 Å². The predicted octanol–water partition coefficient (Wildman–Crippen LogP) is 2.87. The van der Waals surface area contributed by atoms with Gasteiger partial charge in [0.05, 0.1) is 5.92 Å². The highest BCUT2D eigenvalue weighted by molar-refractivity contribution is 5.73. The second-order valence-electron chi connectivity index (χ2n) is 7.17. The van der Waals surface area contributed by atoms with Gasteiger partial charge in [0, 0.05) is 6.04 Å². The SMILES string of the molecule is CC1CC(OC(=O)C2CCCC2N)CC(C)(C)C1. The molecule has 3 heteroatoms. The van der Waals surface area contributed by atoms with E-state index in [4.69, 9.17) is 10.5 Å². The van der Waals surface area contributed by atoms with Gasteiger partial charge in [-0.2, -0.15) is 0 Å². The number of carbonyl (C=O) groups is 1. The molecule has 2 N–H and O–H groups in total. The van der Waals surface area contributed by atoms with E-state index in [-0.39, 0.29) is 24.0 Å². The molecule has 0 saturated heterocycles. The van der Waals surface area contributed by atoms with Crippen LogP contribution in [-0.4, -0.2) is 18.1 Å². The van der Waals surface area contributed by atoms with E-state index < -0.39 is 0 Å². The number of esters is 1. The van der Waals surface area contributed by atoms with Crippen LogP contribution < -0.4 is 5.73 Å². The third-order valence-corrected chi connectivity index (χ3v) is 4.50. The lowest BCUT2D eigenvalue weighted by atomic mass is 9.71. The first-order valence-electron chi connectivity index (χ1n) is 7.33. The van der Waals surface area contributed by atoms with Crippen LogP contribution in [0.15, 0.2) is 0 Å². The molecule has 0 aromatic heterocycles. The zero-order valence-corrected chi connectivity index (χ0v) is 11.9. The summed E-state index contributed by atoms with van der Waals surface area (Å²) in [4.78, 5) is 12.1. The molecule has 0 aromatic carbocycles. The lowest BCUT2D eigenvalue weighted by Gasteiger charge is -2.38. The minimum atomic E-state index is -0.0506. The van der Waals surface area contributed by atoms with Crippen molar-refractivity contribution in [2.45, 2.75) is 71.4 Å². The monoisotopic (exact) mass is 253 g/mol. The van der Waals surface area contributed by atoms with Crippen LogP contribution in [0.3, 0.4) is 0 Å². The van der Waals surface area contributed by atoms with Crippen molar-refractivity contribution >= 4 is 5.97 Å². The molecule has 0 aromatic rings. The summed E-state index contributed by atoms with van der Waals surface area (Å²) in [7, 11) is 0. The fourth-order valence-electron chi connectivity index (χ4n) is 3.88. The molecule has 4 unspecified atom stereocenters. The molecule has 2 fully saturated rings. The molecule has 104 valence electrons. The zero-order valence-electron chi connectivity index (χ0n) is 11.9. The summed E-state index contributed by atoms with van der Waals surface area (Å²) in [5.74, 6) is 0.545. The van der Waals surface area contributed by atoms with Gasteiger partial charge >= 0.3 is 5.97 Å². The molecule has 2 rings (SSSR count). The summed E-state index contributed by atoms with van der Waals surface area (Å²) in [5.41, 5.74) is 6.26. The van der Waals surface area contributed by atoms with Crippen LogP contribution in [0.1, 0.15) is 59.3 Å². The van der Waals surface area contributed by atoms with Crippen LogP contribution >= 0.6 is 0 Å². The fourth-order valence-corrected chi connectivity index (χ4v) is 3.88. The van der Waals surface area contributed by atoms with Gasteiger partial charge in [-0.3, -0.25) is 4.79 Å². The van der Waals surface area contributed by atoms with Gasteiger partial charge in [0.2, 0.25) is 0 Å². The maximum Gasteiger partial charge on any atom is 0.310 e. The molecule has 4 atom stereocenters. The predicted molar refractivity (Wildman–Crippen MR) is 72.0 cm³/mol. The number of hydrogen-bond donors (Lipinski definition) is 1. The van der Waals surface area contributed by atoms with E-state index in [9.17, 15) is 4.79 Å². The van der Waals surface area contributed by atoms with Gasteiger partial charge in [-0.1, -0.05) is 27.2 Å². The molecule has 0 heterocycles. The van der Waals surface area contributed by atoms with Gasteiger partial charge in [-0.25, -0.2) is 0 Å². The third kappa shape index (κ3) is 3.25. The molecule has 0 amide bonds. The number of nitrogens with two attached hydrogens (primary N) is 1. The van der Waals surface area contributed by atoms with Gasteiger partial charge in [0.25, 0.3) is 0 Å². The summed E-state index contributed by atoms with van der Waals surface area (Å²) in [6.07, 6.45) is 6.27. The Balaban J connectivity index is 1.90. The maximum absolute atomic E-state index is 12.1. The van der Waals surface area contributed by atoms with Crippen molar-refractivity contribution in [2.24, 2.45) is 23.0 Å². The van der Waals surface area contributed by atoms with Crippen molar-refractivity contribution in [3.8, 4) is 0 Å². The molecule has 18 heavy (non-hydrogen) atoms. The van der Waals surface area contributed by atoms with E-state index in [0.717, 1.165) is 32.1 Å². The van der Waals surface area contributed by atoms with Crippen molar-refractivity contribution in [3.63, 3.8) is 0 Å². The first-order chi connectivity index (χ1) is 8.37. The van der Waals surface area contributed by atoms with Crippen LogP contribution in [0.2, 0.25) is 0 Å². The quantitative estimate of drug-likeness (QED) is 0.770. The molecule has 0 spiro atoms. The zero-order chi connectivity index (χ0) is 13.3. The molecule has 2 saturated carbocycles. The van der Waals surface area contributed by atoms with Crippen LogP contribution in [0.4, 0.5) is 0 Å². The molecule has 3 nitrogen and oxygen atoms in total. The Morgan fingerprint density at radius 3 is 2.56 bits per heavy atom. The van der Waals surface area contributed by atoms with E-state index in [1.165, 1.54) is 6.42 Å². The summed E-state index contributed by atoms with van der Waals surface area (Å²) >= 11 is 0. The summed E-state index contributed by atoms with van der Waals surface area (Å²) in [6.45, 7) is 6.79. The minimum Gasteiger partial charge on any atom is -0.462 e. The van der Waals surface area contributed by atoms with Crippen molar-refractivity contribution in [2.75, 3.05) is 0 Å². The second-order valence-corrected chi connectivity index (χ2v) is 7.17. The van der Waals surface area contributed by atoms with Crippen LogP contribution in [0.25, 0.3) is 0 Å². The average molecular weight is 253 g/mol. The smallest absolute Gasteiger partial charge is 0.310 e. The first kappa shape index (κ1) is 13.9.